The highest BCUT2D eigenvalue weighted by Crippen LogP contribution is 2.53. The molecule has 0 saturated carbocycles. The predicted molar refractivity (Wildman–Crippen MR) is 122 cm³/mol. The van der Waals surface area contributed by atoms with Crippen molar-refractivity contribution in [3.63, 3.8) is 0 Å². The molecule has 126 valence electrons. The largest absolute Gasteiger partial charge is 0.0750 e. The van der Waals surface area contributed by atoms with Gasteiger partial charge in [0, 0.05) is 49.8 Å². The minimum Gasteiger partial charge on any atom is -0.0750 e. The third-order valence-electron chi connectivity index (χ3n) is 10.2. The fraction of sp³-hybridized carbons (Fsp3) is 1.00. The molecule has 0 aromatic rings. The third-order valence-corrected chi connectivity index (χ3v) is 200. The molecule has 0 aromatic carbocycles. The maximum Gasteiger partial charge on any atom is 0.0329 e. The molecular formula is C14H42Si7. The van der Waals surface area contributed by atoms with Crippen molar-refractivity contribution in [2.75, 3.05) is 0 Å². The topological polar surface area (TPSA) is 0 Å². The van der Waals surface area contributed by atoms with Crippen LogP contribution >= 0.6 is 0 Å². The molecule has 0 unspecified atom stereocenters. The second-order valence-electron chi connectivity index (χ2n) is 11.5. The Morgan fingerprint density at radius 3 is 0.762 bits per heavy atom. The molecule has 0 nitrogen and oxygen atoms in total. The van der Waals surface area contributed by atoms with Crippen LogP contribution < -0.4 is 0 Å². The van der Waals surface area contributed by atoms with Gasteiger partial charge in [-0.15, -0.1) is 0 Å². The van der Waals surface area contributed by atoms with Crippen molar-refractivity contribution < 1.29 is 0 Å². The molecule has 1 rings (SSSR count). The first-order valence-electron chi connectivity index (χ1n) is 8.75. The highest BCUT2D eigenvalue weighted by atomic mass is 30.3. The van der Waals surface area contributed by atoms with Crippen molar-refractivity contribution in [1.29, 1.82) is 0 Å². The molecule has 0 aliphatic carbocycles. The summed E-state index contributed by atoms with van der Waals surface area (Å²) in [5.74, 6) is 0. The van der Waals surface area contributed by atoms with Gasteiger partial charge in [0.2, 0.25) is 0 Å². The Labute approximate surface area is 141 Å². The second kappa shape index (κ2) is 4.78. The van der Waals surface area contributed by atoms with Crippen LogP contribution in [0.4, 0.5) is 0 Å². The number of hydrogen-bond acceptors (Lipinski definition) is 0. The Kier molecular flexibility index (Phi) is 4.68. The highest BCUT2D eigenvalue weighted by Gasteiger charge is 2.79. The molecule has 0 spiro atoms. The predicted octanol–water partition coefficient (Wildman–Crippen LogP) is 5.51. The van der Waals surface area contributed by atoms with Crippen LogP contribution in [0.5, 0.6) is 0 Å². The van der Waals surface area contributed by atoms with Gasteiger partial charge in [0.05, 0.1) is 0 Å². The summed E-state index contributed by atoms with van der Waals surface area (Å²) in [6.45, 7) is 39.2. The molecule has 0 atom stereocenters. The maximum atomic E-state index is 2.98. The highest BCUT2D eigenvalue weighted by molar-refractivity contribution is 8.20. The summed E-state index contributed by atoms with van der Waals surface area (Å²) in [6.07, 6.45) is 0. The van der Waals surface area contributed by atoms with Crippen molar-refractivity contribution in [3.8, 4) is 0 Å². The van der Waals surface area contributed by atoms with Gasteiger partial charge < -0.3 is 0 Å². The average molecular weight is 407 g/mol. The zero-order valence-corrected chi connectivity index (χ0v) is 24.5. The lowest BCUT2D eigenvalue weighted by atomic mass is 11.8. The molecule has 1 aliphatic rings. The molecule has 1 heterocycles. The van der Waals surface area contributed by atoms with Gasteiger partial charge in [-0.05, 0) is 0 Å². The first-order chi connectivity index (χ1) is 8.75. The second-order valence-corrected chi connectivity index (χ2v) is 97.5. The van der Waals surface area contributed by atoms with Gasteiger partial charge >= 0.3 is 0 Å². The lowest BCUT2D eigenvalue weighted by Crippen LogP contribution is -3.04. The third kappa shape index (κ3) is 1.97. The molecule has 1 fully saturated rings. The minimum atomic E-state index is -1.08. The SMILES string of the molecule is C[Si](C)(C)[Si]1(C)[Si](C)(C)[Si](C)(C)[Si](C)(C)[Si](C)(C)[Si]1(C)C. The van der Waals surface area contributed by atoms with Crippen LogP contribution in [0.25, 0.3) is 0 Å². The first kappa shape index (κ1) is 20.6. The van der Waals surface area contributed by atoms with Gasteiger partial charge in [-0.1, -0.05) is 91.7 Å². The van der Waals surface area contributed by atoms with E-state index in [0.717, 1.165) is 0 Å². The van der Waals surface area contributed by atoms with E-state index in [1.165, 1.54) is 0 Å². The zero-order chi connectivity index (χ0) is 17.5. The molecular weight excluding hydrogens is 365 g/mol. The van der Waals surface area contributed by atoms with E-state index in [1.807, 2.05) is 0 Å². The summed E-state index contributed by atoms with van der Waals surface area (Å²) in [5.41, 5.74) is 0. The lowest BCUT2D eigenvalue weighted by molar-refractivity contribution is 1.71. The van der Waals surface area contributed by atoms with Gasteiger partial charge in [-0.3, -0.25) is 0 Å². The van der Waals surface area contributed by atoms with Crippen LogP contribution in [-0.2, 0) is 0 Å². The summed E-state index contributed by atoms with van der Waals surface area (Å²) in [6, 6.07) is 0. The quantitative estimate of drug-likeness (QED) is 0.504. The Bertz CT molecular complexity index is 411. The molecule has 1 aliphatic heterocycles. The van der Waals surface area contributed by atoms with Crippen molar-refractivity contribution >= 4 is 49.8 Å². The van der Waals surface area contributed by atoms with Gasteiger partial charge in [-0.25, -0.2) is 0 Å². The summed E-state index contributed by atoms with van der Waals surface area (Å²) < 4.78 is 0. The van der Waals surface area contributed by atoms with Crippen LogP contribution in [0.1, 0.15) is 0 Å². The fourth-order valence-corrected chi connectivity index (χ4v) is 331. The molecule has 0 radical (unpaired) electrons. The van der Waals surface area contributed by atoms with Crippen LogP contribution in [0.2, 0.25) is 91.7 Å². The Balaban J connectivity index is 3.93. The van der Waals surface area contributed by atoms with E-state index in [4.69, 9.17) is 0 Å². The fourth-order valence-electron chi connectivity index (χ4n) is 6.25. The Hall–Kier alpha value is 1.52. The standard InChI is InChI=1S/C14H42Si7/c1-15(2,3)21(14)19(10,11)17(6,7)16(4,5)18(8,9)20(21,12)13/h1-14H3. The zero-order valence-electron chi connectivity index (χ0n) is 17.5. The molecule has 0 N–H and O–H groups in total. The van der Waals surface area contributed by atoms with E-state index in [1.54, 1.807) is 0 Å². The van der Waals surface area contributed by atoms with E-state index in [2.05, 4.69) is 91.7 Å². The van der Waals surface area contributed by atoms with Crippen LogP contribution in [0.3, 0.4) is 0 Å². The number of hydrogen-bond donors (Lipinski definition) is 0. The van der Waals surface area contributed by atoms with Gasteiger partial charge in [0.1, 0.15) is 0 Å². The molecule has 7 heteroatoms. The lowest BCUT2D eigenvalue weighted by Gasteiger charge is -2.76. The molecule has 0 aromatic heterocycles. The monoisotopic (exact) mass is 406 g/mol. The normalized spacial score (nSPS) is 31.7. The van der Waals surface area contributed by atoms with Crippen LogP contribution in [-0.4, -0.2) is 49.8 Å². The van der Waals surface area contributed by atoms with Gasteiger partial charge in [-0.2, -0.15) is 0 Å². The van der Waals surface area contributed by atoms with Crippen molar-refractivity contribution in [1.82, 2.24) is 0 Å². The number of rotatable bonds is 1. The average Bonchev–Trinajstić information content (AvgIpc) is 2.23. The van der Waals surface area contributed by atoms with E-state index < -0.39 is 49.8 Å². The van der Waals surface area contributed by atoms with Crippen LogP contribution in [0, 0.1) is 0 Å². The van der Waals surface area contributed by atoms with Crippen LogP contribution in [0.15, 0.2) is 0 Å². The molecule has 21 heavy (non-hydrogen) atoms. The van der Waals surface area contributed by atoms with E-state index in [9.17, 15) is 0 Å². The van der Waals surface area contributed by atoms with Crippen molar-refractivity contribution in [3.05, 3.63) is 0 Å². The minimum absolute atomic E-state index is 1.03. The maximum absolute atomic E-state index is 2.98. The summed E-state index contributed by atoms with van der Waals surface area (Å²) in [4.78, 5) is 0. The van der Waals surface area contributed by atoms with Gasteiger partial charge in [0.15, 0.2) is 0 Å². The van der Waals surface area contributed by atoms with E-state index in [-0.39, 0.29) is 0 Å². The molecule has 0 bridgehead atoms. The smallest absolute Gasteiger partial charge is 0.0329 e. The molecule has 1 saturated heterocycles. The van der Waals surface area contributed by atoms with Crippen molar-refractivity contribution in [2.24, 2.45) is 0 Å². The van der Waals surface area contributed by atoms with Crippen molar-refractivity contribution in [2.45, 2.75) is 91.7 Å². The summed E-state index contributed by atoms with van der Waals surface area (Å²) in [5, 5.41) is 0. The first-order valence-corrected chi connectivity index (χ1v) is 36.8. The summed E-state index contributed by atoms with van der Waals surface area (Å²) in [7, 11) is -6.29. The van der Waals surface area contributed by atoms with E-state index in [0.29, 0.717) is 0 Å². The Morgan fingerprint density at radius 2 is 0.571 bits per heavy atom. The Morgan fingerprint density at radius 1 is 0.381 bits per heavy atom. The van der Waals surface area contributed by atoms with Gasteiger partial charge in [0.25, 0.3) is 0 Å². The van der Waals surface area contributed by atoms with E-state index >= 15 is 0 Å². The summed E-state index contributed by atoms with van der Waals surface area (Å²) >= 11 is 0. The molecule has 0 amide bonds.